The van der Waals surface area contributed by atoms with Crippen LogP contribution in [0.5, 0.6) is 0 Å². The monoisotopic (exact) mass is 329 g/mol. The van der Waals surface area contributed by atoms with Crippen LogP contribution < -0.4 is 10.6 Å². The van der Waals surface area contributed by atoms with Gasteiger partial charge in [0.05, 0.1) is 0 Å². The Balaban J connectivity index is 1.51. The Morgan fingerprint density at radius 3 is 2.58 bits per heavy atom. The molecule has 2 fully saturated rings. The number of benzene rings is 1. The van der Waals surface area contributed by atoms with Crippen LogP contribution >= 0.6 is 0 Å². The summed E-state index contributed by atoms with van der Waals surface area (Å²) in [7, 11) is 0. The number of nitrogens with one attached hydrogen (secondary N) is 2. The first-order valence-electron chi connectivity index (χ1n) is 8.96. The summed E-state index contributed by atoms with van der Waals surface area (Å²) < 4.78 is 0. The minimum absolute atomic E-state index is 0.0856. The van der Waals surface area contributed by atoms with E-state index in [9.17, 15) is 9.59 Å². The molecular formula is C19H27N3O2. The largest absolute Gasteiger partial charge is 0.344 e. The second-order valence-electron chi connectivity index (χ2n) is 7.16. The molecule has 1 aromatic rings. The molecule has 1 atom stereocenters. The van der Waals surface area contributed by atoms with Crippen molar-refractivity contribution in [2.45, 2.75) is 58.0 Å². The van der Waals surface area contributed by atoms with Crippen molar-refractivity contribution in [1.29, 1.82) is 0 Å². The second-order valence-corrected chi connectivity index (χ2v) is 7.16. The smallest absolute Gasteiger partial charge is 0.313 e. The third-order valence-electron chi connectivity index (χ3n) is 5.24. The van der Waals surface area contributed by atoms with E-state index in [1.54, 1.807) is 0 Å². The molecule has 3 rings (SSSR count). The van der Waals surface area contributed by atoms with E-state index >= 15 is 0 Å². The minimum Gasteiger partial charge on any atom is -0.344 e. The summed E-state index contributed by atoms with van der Waals surface area (Å²) in [6.07, 6.45) is 6.10. The average Bonchev–Trinajstić information content (AvgIpc) is 3.21. The molecule has 1 unspecified atom stereocenters. The van der Waals surface area contributed by atoms with E-state index in [4.69, 9.17) is 0 Å². The number of aryl methyl sites for hydroxylation is 2. The maximum atomic E-state index is 12.2. The number of hydrogen-bond acceptors (Lipinski definition) is 3. The summed E-state index contributed by atoms with van der Waals surface area (Å²) in [4.78, 5) is 26.8. The van der Waals surface area contributed by atoms with Crippen molar-refractivity contribution >= 4 is 17.5 Å². The van der Waals surface area contributed by atoms with Gasteiger partial charge in [0.15, 0.2) is 0 Å². The van der Waals surface area contributed by atoms with Gasteiger partial charge in [-0.1, -0.05) is 25.0 Å². The van der Waals surface area contributed by atoms with Crippen molar-refractivity contribution in [1.82, 2.24) is 10.2 Å². The van der Waals surface area contributed by atoms with E-state index in [1.165, 1.54) is 25.7 Å². The van der Waals surface area contributed by atoms with E-state index in [0.29, 0.717) is 11.7 Å². The molecule has 5 heteroatoms. The van der Waals surface area contributed by atoms with E-state index in [-0.39, 0.29) is 6.04 Å². The zero-order chi connectivity index (χ0) is 17.1. The van der Waals surface area contributed by atoms with Crippen LogP contribution in [-0.4, -0.2) is 41.9 Å². The van der Waals surface area contributed by atoms with Crippen molar-refractivity contribution in [2.24, 2.45) is 0 Å². The Labute approximate surface area is 143 Å². The molecule has 0 radical (unpaired) electrons. The fourth-order valence-corrected chi connectivity index (χ4v) is 3.81. The van der Waals surface area contributed by atoms with E-state index in [2.05, 4.69) is 15.5 Å². The predicted molar refractivity (Wildman–Crippen MR) is 94.9 cm³/mol. The standard InChI is InChI=1S/C19H27N3O2/c1-13-7-8-14(2)17(11-13)21-19(24)18(23)20-15-9-10-22(12-15)16-5-3-4-6-16/h7-8,11,15-16H,3-6,9-10,12H2,1-2H3,(H,20,23)(H,21,24). The Kier molecular flexibility index (Phi) is 5.19. The van der Waals surface area contributed by atoms with Gasteiger partial charge in [-0.15, -0.1) is 0 Å². The molecule has 1 aromatic carbocycles. The lowest BCUT2D eigenvalue weighted by molar-refractivity contribution is -0.136. The number of hydrogen-bond donors (Lipinski definition) is 2. The van der Waals surface area contributed by atoms with Crippen LogP contribution in [0.15, 0.2) is 18.2 Å². The topological polar surface area (TPSA) is 61.4 Å². The van der Waals surface area contributed by atoms with Crippen molar-refractivity contribution in [2.75, 3.05) is 18.4 Å². The average molecular weight is 329 g/mol. The number of rotatable bonds is 3. The van der Waals surface area contributed by atoms with Crippen molar-refractivity contribution in [3.05, 3.63) is 29.3 Å². The highest BCUT2D eigenvalue weighted by molar-refractivity contribution is 6.39. The highest BCUT2D eigenvalue weighted by Crippen LogP contribution is 2.26. The number of likely N-dealkylation sites (tertiary alicyclic amines) is 1. The lowest BCUT2D eigenvalue weighted by Crippen LogP contribution is -2.44. The minimum atomic E-state index is -0.581. The lowest BCUT2D eigenvalue weighted by atomic mass is 10.1. The Morgan fingerprint density at radius 1 is 1.08 bits per heavy atom. The molecule has 130 valence electrons. The normalized spacial score (nSPS) is 21.8. The first-order chi connectivity index (χ1) is 11.5. The molecule has 24 heavy (non-hydrogen) atoms. The molecule has 5 nitrogen and oxygen atoms in total. The van der Waals surface area contributed by atoms with Gasteiger partial charge >= 0.3 is 11.8 Å². The zero-order valence-corrected chi connectivity index (χ0v) is 14.6. The van der Waals surface area contributed by atoms with E-state index < -0.39 is 11.8 Å². The van der Waals surface area contributed by atoms with Gasteiger partial charge in [0.25, 0.3) is 0 Å². The van der Waals surface area contributed by atoms with Gasteiger partial charge in [-0.3, -0.25) is 14.5 Å². The molecule has 0 bridgehead atoms. The van der Waals surface area contributed by atoms with Gasteiger partial charge in [-0.05, 0) is 50.3 Å². The Hall–Kier alpha value is -1.88. The lowest BCUT2D eigenvalue weighted by Gasteiger charge is -2.23. The number of anilines is 1. The van der Waals surface area contributed by atoms with Crippen LogP contribution in [0.25, 0.3) is 0 Å². The van der Waals surface area contributed by atoms with Gasteiger partial charge in [0, 0.05) is 30.9 Å². The molecule has 2 N–H and O–H groups in total. The fraction of sp³-hybridized carbons (Fsp3) is 0.579. The highest BCUT2D eigenvalue weighted by Gasteiger charge is 2.31. The van der Waals surface area contributed by atoms with Gasteiger partial charge < -0.3 is 10.6 Å². The molecule has 1 saturated carbocycles. The number of amides is 2. The number of carbonyl (C=O) groups excluding carboxylic acids is 2. The highest BCUT2D eigenvalue weighted by atomic mass is 16.2. The van der Waals surface area contributed by atoms with Crippen molar-refractivity contribution in [3.8, 4) is 0 Å². The summed E-state index contributed by atoms with van der Waals surface area (Å²) in [6, 6.07) is 6.58. The van der Waals surface area contributed by atoms with Crippen LogP contribution in [0.3, 0.4) is 0 Å². The van der Waals surface area contributed by atoms with Crippen LogP contribution in [0.4, 0.5) is 5.69 Å². The third-order valence-corrected chi connectivity index (χ3v) is 5.24. The van der Waals surface area contributed by atoms with Crippen LogP contribution in [0.2, 0.25) is 0 Å². The van der Waals surface area contributed by atoms with Gasteiger partial charge in [0.1, 0.15) is 0 Å². The molecule has 0 aromatic heterocycles. The molecule has 1 saturated heterocycles. The molecular weight excluding hydrogens is 302 g/mol. The number of nitrogens with zero attached hydrogens (tertiary/aromatic N) is 1. The molecule has 2 aliphatic rings. The predicted octanol–water partition coefficient (Wildman–Crippen LogP) is 2.38. The third kappa shape index (κ3) is 3.96. The Morgan fingerprint density at radius 2 is 1.83 bits per heavy atom. The molecule has 1 aliphatic heterocycles. The molecule has 0 spiro atoms. The SMILES string of the molecule is Cc1ccc(C)c(NC(=O)C(=O)NC2CCN(C3CCCC3)C2)c1. The summed E-state index contributed by atoms with van der Waals surface area (Å²) >= 11 is 0. The van der Waals surface area contributed by atoms with Gasteiger partial charge in [-0.25, -0.2) is 0 Å². The van der Waals surface area contributed by atoms with Crippen LogP contribution in [0.1, 0.15) is 43.2 Å². The summed E-state index contributed by atoms with van der Waals surface area (Å²) in [5, 5.41) is 5.62. The summed E-state index contributed by atoms with van der Waals surface area (Å²) in [5.74, 6) is -1.11. The Bertz CT molecular complexity index is 623. The van der Waals surface area contributed by atoms with E-state index in [1.807, 2.05) is 32.0 Å². The first kappa shape index (κ1) is 17.0. The maximum absolute atomic E-state index is 12.2. The quantitative estimate of drug-likeness (QED) is 0.837. The zero-order valence-electron chi connectivity index (χ0n) is 14.6. The molecule has 1 heterocycles. The second kappa shape index (κ2) is 7.34. The van der Waals surface area contributed by atoms with Gasteiger partial charge in [-0.2, -0.15) is 0 Å². The summed E-state index contributed by atoms with van der Waals surface area (Å²) in [6.45, 7) is 5.77. The fourth-order valence-electron chi connectivity index (χ4n) is 3.81. The van der Waals surface area contributed by atoms with E-state index in [0.717, 1.165) is 30.6 Å². The van der Waals surface area contributed by atoms with Crippen LogP contribution in [0, 0.1) is 13.8 Å². The number of carbonyl (C=O) groups is 2. The molecule has 1 aliphatic carbocycles. The summed E-state index contributed by atoms with van der Waals surface area (Å²) in [5.41, 5.74) is 2.71. The molecule has 2 amide bonds. The van der Waals surface area contributed by atoms with Crippen LogP contribution in [-0.2, 0) is 9.59 Å². The van der Waals surface area contributed by atoms with Crippen molar-refractivity contribution < 1.29 is 9.59 Å². The maximum Gasteiger partial charge on any atom is 0.313 e. The van der Waals surface area contributed by atoms with Crippen molar-refractivity contribution in [3.63, 3.8) is 0 Å². The first-order valence-corrected chi connectivity index (χ1v) is 8.96. The van der Waals surface area contributed by atoms with Gasteiger partial charge in [0.2, 0.25) is 0 Å².